The van der Waals surface area contributed by atoms with Crippen LogP contribution in [0.5, 0.6) is 0 Å². The molecule has 0 saturated heterocycles. The van der Waals surface area contributed by atoms with E-state index in [0.717, 1.165) is 6.07 Å². The van der Waals surface area contributed by atoms with Crippen LogP contribution in [0.3, 0.4) is 0 Å². The second-order valence-electron chi connectivity index (χ2n) is 3.02. The molecule has 0 aromatic carbocycles. The van der Waals surface area contributed by atoms with Crippen LogP contribution in [0.4, 0.5) is 9.18 Å². The molecule has 2 amide bonds. The Bertz CT molecular complexity index is 441. The molecule has 0 radical (unpaired) electrons. The van der Waals surface area contributed by atoms with E-state index >= 15 is 0 Å². The summed E-state index contributed by atoms with van der Waals surface area (Å²) in [7, 11) is 0. The number of carboxylic acid groups (broad SMARTS) is 1. The summed E-state index contributed by atoms with van der Waals surface area (Å²) >= 11 is 5.50. The lowest BCUT2D eigenvalue weighted by Gasteiger charge is -2.05. The minimum Gasteiger partial charge on any atom is -0.465 e. The Kier molecular flexibility index (Phi) is 4.65. The molecule has 0 aliphatic carbocycles. The summed E-state index contributed by atoms with van der Waals surface area (Å²) in [5, 5.41) is 12.6. The Labute approximate surface area is 101 Å². The number of aromatic nitrogens is 1. The number of halogens is 2. The predicted molar refractivity (Wildman–Crippen MR) is 57.1 cm³/mol. The van der Waals surface area contributed by atoms with Gasteiger partial charge in [0.25, 0.3) is 0 Å². The summed E-state index contributed by atoms with van der Waals surface area (Å²) < 4.78 is 13.2. The maximum atomic E-state index is 13.2. The standard InChI is InChI=1S/C9H9ClFN3O3/c10-5-1-6(11)7(12-2-5)3-13-8(15)4-14-9(16)17/h1-2,14H,3-4H2,(H,13,15)(H,16,17). The molecule has 17 heavy (non-hydrogen) atoms. The van der Waals surface area contributed by atoms with Crippen LogP contribution in [0.1, 0.15) is 5.69 Å². The van der Waals surface area contributed by atoms with Gasteiger partial charge in [0.1, 0.15) is 5.82 Å². The van der Waals surface area contributed by atoms with Gasteiger partial charge in [0.15, 0.2) is 0 Å². The average Bonchev–Trinajstić information content (AvgIpc) is 2.25. The van der Waals surface area contributed by atoms with Gasteiger partial charge in [-0.2, -0.15) is 0 Å². The van der Waals surface area contributed by atoms with E-state index in [4.69, 9.17) is 16.7 Å². The molecular weight excluding hydrogens is 253 g/mol. The van der Waals surface area contributed by atoms with E-state index in [1.165, 1.54) is 6.20 Å². The number of hydrogen-bond donors (Lipinski definition) is 3. The highest BCUT2D eigenvalue weighted by molar-refractivity contribution is 6.30. The Morgan fingerprint density at radius 2 is 2.18 bits per heavy atom. The van der Waals surface area contributed by atoms with Crippen molar-refractivity contribution in [1.29, 1.82) is 0 Å². The first-order valence-corrected chi connectivity index (χ1v) is 4.90. The summed E-state index contributed by atoms with van der Waals surface area (Å²) in [6.07, 6.45) is -0.0577. The summed E-state index contributed by atoms with van der Waals surface area (Å²) in [5.41, 5.74) is 0.0260. The number of amides is 2. The maximum Gasteiger partial charge on any atom is 0.405 e. The molecule has 1 aromatic rings. The molecule has 0 atom stereocenters. The number of carbonyl (C=O) groups is 2. The zero-order valence-electron chi connectivity index (χ0n) is 8.54. The lowest BCUT2D eigenvalue weighted by Crippen LogP contribution is -2.36. The Morgan fingerprint density at radius 3 is 2.76 bits per heavy atom. The van der Waals surface area contributed by atoms with E-state index < -0.39 is 24.4 Å². The van der Waals surface area contributed by atoms with Crippen molar-refractivity contribution in [3.05, 3.63) is 28.8 Å². The number of nitrogens with one attached hydrogen (secondary N) is 2. The Morgan fingerprint density at radius 1 is 1.47 bits per heavy atom. The van der Waals surface area contributed by atoms with Gasteiger partial charge in [-0.05, 0) is 6.07 Å². The van der Waals surface area contributed by atoms with Crippen molar-refractivity contribution in [3.8, 4) is 0 Å². The molecule has 0 spiro atoms. The number of nitrogens with zero attached hydrogens (tertiary/aromatic N) is 1. The van der Waals surface area contributed by atoms with Crippen molar-refractivity contribution in [1.82, 2.24) is 15.6 Å². The molecular formula is C9H9ClFN3O3. The van der Waals surface area contributed by atoms with E-state index in [2.05, 4.69) is 10.3 Å². The van der Waals surface area contributed by atoms with E-state index in [9.17, 15) is 14.0 Å². The van der Waals surface area contributed by atoms with Gasteiger partial charge in [-0.25, -0.2) is 9.18 Å². The molecule has 3 N–H and O–H groups in total. The van der Waals surface area contributed by atoms with Crippen LogP contribution in [0, 0.1) is 5.82 Å². The maximum absolute atomic E-state index is 13.2. The molecule has 0 bridgehead atoms. The van der Waals surface area contributed by atoms with Crippen molar-refractivity contribution in [2.24, 2.45) is 0 Å². The van der Waals surface area contributed by atoms with Crippen molar-refractivity contribution in [3.63, 3.8) is 0 Å². The highest BCUT2D eigenvalue weighted by Gasteiger charge is 2.07. The second-order valence-corrected chi connectivity index (χ2v) is 3.45. The molecule has 0 saturated carbocycles. The largest absolute Gasteiger partial charge is 0.465 e. The van der Waals surface area contributed by atoms with Crippen molar-refractivity contribution < 1.29 is 19.1 Å². The fraction of sp³-hybridized carbons (Fsp3) is 0.222. The molecule has 0 aliphatic heterocycles. The molecule has 8 heteroatoms. The van der Waals surface area contributed by atoms with E-state index in [0.29, 0.717) is 0 Å². The minimum absolute atomic E-state index is 0.0260. The normalized spacial score (nSPS) is 9.76. The van der Waals surface area contributed by atoms with Gasteiger partial charge in [-0.15, -0.1) is 0 Å². The van der Waals surface area contributed by atoms with E-state index in [1.807, 2.05) is 5.32 Å². The fourth-order valence-corrected chi connectivity index (χ4v) is 1.12. The molecule has 1 heterocycles. The summed E-state index contributed by atoms with van der Waals surface area (Å²) in [4.78, 5) is 24.9. The summed E-state index contributed by atoms with van der Waals surface area (Å²) in [6.45, 7) is -0.534. The van der Waals surface area contributed by atoms with Crippen LogP contribution < -0.4 is 10.6 Å². The van der Waals surface area contributed by atoms with Gasteiger partial charge in [0.05, 0.1) is 23.8 Å². The van der Waals surface area contributed by atoms with Crippen molar-refractivity contribution >= 4 is 23.6 Å². The molecule has 0 unspecified atom stereocenters. The molecule has 0 fully saturated rings. The van der Waals surface area contributed by atoms with Gasteiger partial charge in [-0.3, -0.25) is 9.78 Å². The van der Waals surface area contributed by atoms with E-state index in [1.54, 1.807) is 0 Å². The Hall–Kier alpha value is -1.89. The number of hydrogen-bond acceptors (Lipinski definition) is 3. The Balaban J connectivity index is 2.44. The SMILES string of the molecule is O=C(O)NCC(=O)NCc1ncc(Cl)cc1F. The second kappa shape index (κ2) is 6.00. The summed E-state index contributed by atoms with van der Waals surface area (Å²) in [5.74, 6) is -1.22. The van der Waals surface area contributed by atoms with Gasteiger partial charge in [0, 0.05) is 6.20 Å². The van der Waals surface area contributed by atoms with E-state index in [-0.39, 0.29) is 17.3 Å². The van der Waals surface area contributed by atoms with Crippen LogP contribution >= 0.6 is 11.6 Å². The molecule has 92 valence electrons. The first-order chi connectivity index (χ1) is 7.99. The molecule has 6 nitrogen and oxygen atoms in total. The first-order valence-electron chi connectivity index (χ1n) is 4.52. The van der Waals surface area contributed by atoms with Crippen molar-refractivity contribution in [2.45, 2.75) is 6.54 Å². The lowest BCUT2D eigenvalue weighted by atomic mass is 10.3. The van der Waals surface area contributed by atoms with Crippen molar-refractivity contribution in [2.75, 3.05) is 6.54 Å². The van der Waals surface area contributed by atoms with Crippen LogP contribution in [0.2, 0.25) is 5.02 Å². The van der Waals surface area contributed by atoms with Crippen LogP contribution in [-0.2, 0) is 11.3 Å². The molecule has 1 aromatic heterocycles. The van der Waals surface area contributed by atoms with Gasteiger partial charge in [0.2, 0.25) is 5.91 Å². The number of pyridine rings is 1. The van der Waals surface area contributed by atoms with Gasteiger partial charge < -0.3 is 15.7 Å². The first kappa shape index (κ1) is 13.2. The quantitative estimate of drug-likeness (QED) is 0.746. The smallest absolute Gasteiger partial charge is 0.405 e. The monoisotopic (exact) mass is 261 g/mol. The highest BCUT2D eigenvalue weighted by Crippen LogP contribution is 2.11. The zero-order chi connectivity index (χ0) is 12.8. The average molecular weight is 262 g/mol. The number of rotatable bonds is 4. The molecule has 1 rings (SSSR count). The highest BCUT2D eigenvalue weighted by atomic mass is 35.5. The fourth-order valence-electron chi connectivity index (χ4n) is 0.974. The number of carbonyl (C=O) groups excluding carboxylic acids is 1. The van der Waals surface area contributed by atoms with Crippen LogP contribution in [0.25, 0.3) is 0 Å². The lowest BCUT2D eigenvalue weighted by molar-refractivity contribution is -0.120. The topological polar surface area (TPSA) is 91.3 Å². The third-order valence-corrected chi connectivity index (χ3v) is 1.94. The zero-order valence-corrected chi connectivity index (χ0v) is 9.29. The minimum atomic E-state index is -1.31. The van der Waals surface area contributed by atoms with Gasteiger partial charge in [-0.1, -0.05) is 11.6 Å². The van der Waals surface area contributed by atoms with Crippen LogP contribution in [-0.4, -0.2) is 28.6 Å². The third kappa shape index (κ3) is 4.64. The molecule has 0 aliphatic rings. The van der Waals surface area contributed by atoms with Crippen LogP contribution in [0.15, 0.2) is 12.3 Å². The predicted octanol–water partition coefficient (Wildman–Crippen LogP) is 0.758. The summed E-state index contributed by atoms with van der Waals surface area (Å²) in [6, 6.07) is 1.07. The van der Waals surface area contributed by atoms with Gasteiger partial charge >= 0.3 is 6.09 Å². The third-order valence-electron chi connectivity index (χ3n) is 1.74.